The van der Waals surface area contributed by atoms with Gasteiger partial charge in [0.25, 0.3) is 0 Å². The highest BCUT2D eigenvalue weighted by Crippen LogP contribution is 2.23. The van der Waals surface area contributed by atoms with Crippen LogP contribution in [0.1, 0.15) is 55.6 Å². The van der Waals surface area contributed by atoms with Gasteiger partial charge in [-0.05, 0) is 76.0 Å². The summed E-state index contributed by atoms with van der Waals surface area (Å²) in [5.74, 6) is 0.179. The largest absolute Gasteiger partial charge is 0.372 e. The highest BCUT2D eigenvalue weighted by molar-refractivity contribution is 5.89. The molecule has 0 unspecified atom stereocenters. The van der Waals surface area contributed by atoms with Gasteiger partial charge in [-0.1, -0.05) is 18.0 Å². The van der Waals surface area contributed by atoms with Crippen molar-refractivity contribution in [2.75, 3.05) is 44.2 Å². The van der Waals surface area contributed by atoms with Gasteiger partial charge in [0.2, 0.25) is 5.82 Å². The van der Waals surface area contributed by atoms with Crippen LogP contribution in [0, 0.1) is 0 Å². The summed E-state index contributed by atoms with van der Waals surface area (Å²) in [4.78, 5) is 21.4. The van der Waals surface area contributed by atoms with Crippen molar-refractivity contribution in [2.45, 2.75) is 44.9 Å². The SMILES string of the molecule is O=C(NCCCN1CCCC1)c1nc(-c2ccc(N3CCCCCC3)cc2)no1. The summed E-state index contributed by atoms with van der Waals surface area (Å²) in [5, 5.41) is 6.86. The van der Waals surface area contributed by atoms with Crippen molar-refractivity contribution in [3.8, 4) is 11.4 Å². The van der Waals surface area contributed by atoms with Gasteiger partial charge in [-0.3, -0.25) is 4.79 Å². The Kier molecular flexibility index (Phi) is 6.77. The number of nitrogens with one attached hydrogen (secondary N) is 1. The van der Waals surface area contributed by atoms with Gasteiger partial charge in [-0.15, -0.1) is 0 Å². The van der Waals surface area contributed by atoms with Crippen molar-refractivity contribution in [3.63, 3.8) is 0 Å². The number of carbonyl (C=O) groups is 1. The van der Waals surface area contributed by atoms with E-state index in [-0.39, 0.29) is 11.8 Å². The molecule has 2 aliphatic heterocycles. The van der Waals surface area contributed by atoms with Crippen molar-refractivity contribution in [3.05, 3.63) is 30.2 Å². The lowest BCUT2D eigenvalue weighted by Gasteiger charge is -2.22. The summed E-state index contributed by atoms with van der Waals surface area (Å²) in [5.41, 5.74) is 2.09. The van der Waals surface area contributed by atoms with Crippen molar-refractivity contribution in [1.29, 1.82) is 0 Å². The third kappa shape index (κ3) is 5.35. The molecule has 0 radical (unpaired) electrons. The number of benzene rings is 1. The number of aromatic nitrogens is 2. The number of nitrogens with zero attached hydrogens (tertiary/aromatic N) is 4. The first-order valence-corrected chi connectivity index (χ1v) is 11.0. The summed E-state index contributed by atoms with van der Waals surface area (Å²) in [6, 6.07) is 8.22. The van der Waals surface area contributed by atoms with Gasteiger partial charge in [-0.2, -0.15) is 4.98 Å². The van der Waals surface area contributed by atoms with E-state index < -0.39 is 0 Å². The Morgan fingerprint density at radius 2 is 1.66 bits per heavy atom. The van der Waals surface area contributed by atoms with Crippen LogP contribution in [0.2, 0.25) is 0 Å². The van der Waals surface area contributed by atoms with Gasteiger partial charge in [-0.25, -0.2) is 0 Å². The fourth-order valence-corrected chi connectivity index (χ4v) is 4.17. The molecular weight excluding hydrogens is 366 g/mol. The van der Waals surface area contributed by atoms with E-state index >= 15 is 0 Å². The molecule has 0 spiro atoms. The molecule has 0 atom stereocenters. The lowest BCUT2D eigenvalue weighted by atomic mass is 10.2. The van der Waals surface area contributed by atoms with E-state index in [1.165, 1.54) is 57.3 Å². The van der Waals surface area contributed by atoms with E-state index in [2.05, 4.69) is 37.4 Å². The zero-order chi connectivity index (χ0) is 19.9. The van der Waals surface area contributed by atoms with E-state index in [9.17, 15) is 4.79 Å². The first-order valence-electron chi connectivity index (χ1n) is 11.0. The second kappa shape index (κ2) is 9.87. The predicted molar refractivity (Wildman–Crippen MR) is 113 cm³/mol. The van der Waals surface area contributed by atoms with E-state index in [0.717, 1.165) is 31.6 Å². The molecule has 3 heterocycles. The van der Waals surface area contributed by atoms with Crippen LogP contribution in [-0.2, 0) is 0 Å². The van der Waals surface area contributed by atoms with E-state index in [4.69, 9.17) is 4.52 Å². The molecule has 1 N–H and O–H groups in total. The van der Waals surface area contributed by atoms with Crippen molar-refractivity contribution in [2.24, 2.45) is 0 Å². The summed E-state index contributed by atoms with van der Waals surface area (Å²) in [7, 11) is 0. The maximum absolute atomic E-state index is 12.3. The fraction of sp³-hybridized carbons (Fsp3) is 0.591. The zero-order valence-electron chi connectivity index (χ0n) is 17.1. The number of rotatable bonds is 7. The van der Waals surface area contributed by atoms with Crippen LogP contribution in [-0.4, -0.2) is 60.2 Å². The standard InChI is InChI=1S/C22H31N5O2/c28-21(23-12-7-15-26-13-5-6-14-26)22-24-20(25-29-22)18-8-10-19(11-9-18)27-16-3-1-2-4-17-27/h8-11H,1-7,12-17H2,(H,23,28). The number of carbonyl (C=O) groups excluding carboxylic acids is 1. The molecule has 1 aromatic carbocycles. The molecule has 7 heteroatoms. The zero-order valence-corrected chi connectivity index (χ0v) is 17.1. The van der Waals surface area contributed by atoms with Gasteiger partial charge >= 0.3 is 11.8 Å². The van der Waals surface area contributed by atoms with Crippen molar-refractivity contribution >= 4 is 11.6 Å². The molecule has 2 saturated heterocycles. The van der Waals surface area contributed by atoms with Crippen molar-refractivity contribution < 1.29 is 9.32 Å². The number of hydrogen-bond acceptors (Lipinski definition) is 6. The topological polar surface area (TPSA) is 74.5 Å². The highest BCUT2D eigenvalue weighted by Gasteiger charge is 2.17. The normalized spacial score (nSPS) is 18.0. The molecule has 1 aromatic heterocycles. The van der Waals surface area contributed by atoms with Gasteiger partial charge in [0.15, 0.2) is 0 Å². The maximum Gasteiger partial charge on any atom is 0.316 e. The number of amides is 1. The van der Waals surface area contributed by atoms with E-state index in [0.29, 0.717) is 12.4 Å². The Morgan fingerprint density at radius 1 is 0.966 bits per heavy atom. The first-order chi connectivity index (χ1) is 14.3. The molecule has 2 aliphatic rings. The van der Waals surface area contributed by atoms with Crippen LogP contribution >= 0.6 is 0 Å². The maximum atomic E-state index is 12.3. The Hall–Kier alpha value is -2.41. The summed E-state index contributed by atoms with van der Waals surface area (Å²) >= 11 is 0. The Morgan fingerprint density at radius 3 is 2.38 bits per heavy atom. The first kappa shape index (κ1) is 19.9. The van der Waals surface area contributed by atoms with E-state index in [1.54, 1.807) is 0 Å². The lowest BCUT2D eigenvalue weighted by molar-refractivity contribution is 0.0908. The van der Waals surface area contributed by atoms with Gasteiger partial charge in [0.1, 0.15) is 0 Å². The predicted octanol–water partition coefficient (Wildman–Crippen LogP) is 3.33. The smallest absolute Gasteiger partial charge is 0.316 e. The van der Waals surface area contributed by atoms with Crippen LogP contribution in [0.4, 0.5) is 5.69 Å². The number of likely N-dealkylation sites (tertiary alicyclic amines) is 1. The van der Waals surface area contributed by atoms with Crippen molar-refractivity contribution in [1.82, 2.24) is 20.4 Å². The average molecular weight is 398 g/mol. The van der Waals surface area contributed by atoms with Crippen LogP contribution in [0.25, 0.3) is 11.4 Å². The minimum atomic E-state index is -0.300. The Balaban J connectivity index is 1.29. The second-order valence-electron chi connectivity index (χ2n) is 8.03. The lowest BCUT2D eigenvalue weighted by Crippen LogP contribution is -2.28. The molecule has 156 valence electrons. The fourth-order valence-electron chi connectivity index (χ4n) is 4.17. The second-order valence-corrected chi connectivity index (χ2v) is 8.03. The molecule has 0 bridgehead atoms. The van der Waals surface area contributed by atoms with Crippen LogP contribution < -0.4 is 10.2 Å². The highest BCUT2D eigenvalue weighted by atomic mass is 16.5. The van der Waals surface area contributed by atoms with Gasteiger partial charge < -0.3 is 19.6 Å². The summed E-state index contributed by atoms with van der Waals surface area (Å²) < 4.78 is 5.18. The molecule has 4 rings (SSSR count). The van der Waals surface area contributed by atoms with Gasteiger partial charge in [0, 0.05) is 30.9 Å². The molecule has 0 aliphatic carbocycles. The van der Waals surface area contributed by atoms with Crippen LogP contribution in [0.5, 0.6) is 0 Å². The minimum absolute atomic E-state index is 0.0257. The molecule has 1 amide bonds. The van der Waals surface area contributed by atoms with E-state index in [1.807, 2.05) is 12.1 Å². The molecule has 2 aromatic rings. The monoisotopic (exact) mass is 397 g/mol. The molecular formula is C22H31N5O2. The number of hydrogen-bond donors (Lipinski definition) is 1. The summed E-state index contributed by atoms with van der Waals surface area (Å²) in [6.07, 6.45) is 8.66. The van der Waals surface area contributed by atoms with Crippen LogP contribution in [0.15, 0.2) is 28.8 Å². The average Bonchev–Trinajstić information content (AvgIpc) is 3.38. The Labute approximate surface area is 172 Å². The molecule has 29 heavy (non-hydrogen) atoms. The minimum Gasteiger partial charge on any atom is -0.372 e. The van der Waals surface area contributed by atoms with Gasteiger partial charge in [0.05, 0.1) is 0 Å². The molecule has 2 fully saturated rings. The Bertz CT molecular complexity index is 775. The summed E-state index contributed by atoms with van der Waals surface area (Å²) in [6.45, 7) is 6.23. The van der Waals surface area contributed by atoms with Crippen LogP contribution in [0.3, 0.4) is 0 Å². The quantitative estimate of drug-likeness (QED) is 0.723. The third-order valence-corrected chi connectivity index (χ3v) is 5.85. The molecule has 0 saturated carbocycles. The molecule has 7 nitrogen and oxygen atoms in total. The number of anilines is 1. The third-order valence-electron chi connectivity index (χ3n) is 5.85.